The third-order valence-electron chi connectivity index (χ3n) is 3.61. The number of amides is 1. The summed E-state index contributed by atoms with van der Waals surface area (Å²) in [6.07, 6.45) is 1.37. The summed E-state index contributed by atoms with van der Waals surface area (Å²) in [4.78, 5) is 17.7. The first-order valence-corrected chi connectivity index (χ1v) is 6.97. The van der Waals surface area contributed by atoms with Crippen molar-refractivity contribution in [1.29, 1.82) is 0 Å². The van der Waals surface area contributed by atoms with Crippen molar-refractivity contribution in [2.24, 2.45) is 12.8 Å². The zero-order chi connectivity index (χ0) is 16.0. The van der Waals surface area contributed by atoms with Crippen molar-refractivity contribution in [3.05, 3.63) is 17.7 Å². The third kappa shape index (κ3) is 3.19. The van der Waals surface area contributed by atoms with Gasteiger partial charge < -0.3 is 25.0 Å². The first-order valence-electron chi connectivity index (χ1n) is 6.97. The van der Waals surface area contributed by atoms with Gasteiger partial charge in [0.15, 0.2) is 0 Å². The molecular weight excluding hydrogens is 272 g/mol. The normalized spacial score (nSPS) is 19.1. The van der Waals surface area contributed by atoms with Crippen LogP contribution in [0.3, 0.4) is 0 Å². The molecule has 0 radical (unpaired) electrons. The van der Waals surface area contributed by atoms with Gasteiger partial charge in [0.2, 0.25) is 0 Å². The minimum atomic E-state index is -1.16. The molecule has 118 valence electrons. The average molecular weight is 296 g/mol. The SMILES string of the molecule is Cc1nc(C(N)C2(O)CN(C(=O)OC(C)(C)C)C2)cn1C. The number of rotatable bonds is 2. The van der Waals surface area contributed by atoms with Gasteiger partial charge in [-0.3, -0.25) is 0 Å². The second-order valence-corrected chi connectivity index (χ2v) is 6.74. The van der Waals surface area contributed by atoms with E-state index in [9.17, 15) is 9.90 Å². The number of likely N-dealkylation sites (tertiary alicyclic amines) is 1. The molecule has 2 rings (SSSR count). The molecule has 2 heterocycles. The number of hydrogen-bond donors (Lipinski definition) is 2. The Labute approximate surface area is 124 Å². The fourth-order valence-electron chi connectivity index (χ4n) is 2.28. The highest BCUT2D eigenvalue weighted by atomic mass is 16.6. The van der Waals surface area contributed by atoms with E-state index in [-0.39, 0.29) is 13.1 Å². The van der Waals surface area contributed by atoms with Gasteiger partial charge >= 0.3 is 6.09 Å². The third-order valence-corrected chi connectivity index (χ3v) is 3.61. The number of nitrogens with zero attached hydrogens (tertiary/aromatic N) is 3. The molecule has 1 amide bonds. The number of aryl methyl sites for hydroxylation is 2. The topological polar surface area (TPSA) is 93.6 Å². The number of carbonyl (C=O) groups excluding carboxylic acids is 1. The van der Waals surface area contributed by atoms with Gasteiger partial charge in [-0.2, -0.15) is 0 Å². The molecule has 7 heteroatoms. The minimum Gasteiger partial charge on any atom is -0.444 e. The van der Waals surface area contributed by atoms with Crippen LogP contribution >= 0.6 is 0 Å². The van der Waals surface area contributed by atoms with Crippen molar-refractivity contribution in [3.63, 3.8) is 0 Å². The van der Waals surface area contributed by atoms with Gasteiger partial charge in [-0.1, -0.05) is 0 Å². The molecule has 1 saturated heterocycles. The standard InChI is InChI=1S/C14H24N4O3/c1-9-16-10(6-17(9)5)11(15)14(20)7-18(8-14)12(19)21-13(2,3)4/h6,11,20H,7-8,15H2,1-5H3. The Kier molecular flexibility index (Phi) is 3.75. The second-order valence-electron chi connectivity index (χ2n) is 6.74. The zero-order valence-electron chi connectivity index (χ0n) is 13.3. The molecule has 1 unspecified atom stereocenters. The van der Waals surface area contributed by atoms with Gasteiger partial charge in [0.1, 0.15) is 17.0 Å². The van der Waals surface area contributed by atoms with Crippen LogP contribution in [0.5, 0.6) is 0 Å². The summed E-state index contributed by atoms with van der Waals surface area (Å²) in [6, 6.07) is -0.629. The molecule has 1 aromatic rings. The first kappa shape index (κ1) is 15.8. The molecule has 1 aliphatic rings. The van der Waals surface area contributed by atoms with Gasteiger partial charge in [-0.25, -0.2) is 9.78 Å². The molecule has 1 aromatic heterocycles. The van der Waals surface area contributed by atoms with E-state index in [0.29, 0.717) is 5.69 Å². The Morgan fingerprint density at radius 1 is 1.52 bits per heavy atom. The second kappa shape index (κ2) is 4.99. The van der Waals surface area contributed by atoms with E-state index in [0.717, 1.165) is 5.82 Å². The maximum absolute atomic E-state index is 11.9. The van der Waals surface area contributed by atoms with Crippen molar-refractivity contribution in [3.8, 4) is 0 Å². The quantitative estimate of drug-likeness (QED) is 0.838. The maximum atomic E-state index is 11.9. The molecule has 0 aromatic carbocycles. The van der Waals surface area contributed by atoms with Gasteiger partial charge in [0.25, 0.3) is 0 Å². The molecular formula is C14H24N4O3. The van der Waals surface area contributed by atoms with Gasteiger partial charge in [-0.05, 0) is 27.7 Å². The van der Waals surface area contributed by atoms with Crippen molar-refractivity contribution in [1.82, 2.24) is 14.5 Å². The summed E-state index contributed by atoms with van der Waals surface area (Å²) >= 11 is 0. The molecule has 0 aliphatic carbocycles. The fourth-order valence-corrected chi connectivity index (χ4v) is 2.28. The predicted molar refractivity (Wildman–Crippen MR) is 77.6 cm³/mol. The number of β-amino-alcohol motifs (C(OH)–C–C–N with tert-alkyl or cyclic N) is 1. The van der Waals surface area contributed by atoms with E-state index in [4.69, 9.17) is 10.5 Å². The van der Waals surface area contributed by atoms with Crippen LogP contribution in [0.4, 0.5) is 4.79 Å². The lowest BCUT2D eigenvalue weighted by Crippen LogP contribution is -2.68. The average Bonchev–Trinajstić information content (AvgIpc) is 2.62. The summed E-state index contributed by atoms with van der Waals surface area (Å²) in [6.45, 7) is 7.59. The Balaban J connectivity index is 1.99. The Morgan fingerprint density at radius 3 is 2.52 bits per heavy atom. The Hall–Kier alpha value is -1.60. The van der Waals surface area contributed by atoms with Crippen LogP contribution in [0, 0.1) is 6.92 Å². The molecule has 7 nitrogen and oxygen atoms in total. The van der Waals surface area contributed by atoms with Crippen molar-refractivity contribution in [2.45, 2.75) is 44.9 Å². The molecule has 1 atom stereocenters. The number of aromatic nitrogens is 2. The van der Waals surface area contributed by atoms with Crippen molar-refractivity contribution in [2.75, 3.05) is 13.1 Å². The number of ether oxygens (including phenoxy) is 1. The molecule has 1 aliphatic heterocycles. The number of nitrogens with two attached hydrogens (primary N) is 1. The fraction of sp³-hybridized carbons (Fsp3) is 0.714. The number of aliphatic hydroxyl groups is 1. The number of carbonyl (C=O) groups is 1. The highest BCUT2D eigenvalue weighted by molar-refractivity contribution is 5.69. The van der Waals surface area contributed by atoms with Crippen LogP contribution < -0.4 is 5.73 Å². The molecule has 0 saturated carbocycles. The predicted octanol–water partition coefficient (Wildman–Crippen LogP) is 0.710. The van der Waals surface area contributed by atoms with Gasteiger partial charge in [0, 0.05) is 13.2 Å². The summed E-state index contributed by atoms with van der Waals surface area (Å²) < 4.78 is 7.11. The van der Waals surface area contributed by atoms with E-state index in [1.54, 1.807) is 27.0 Å². The molecule has 0 spiro atoms. The highest BCUT2D eigenvalue weighted by Crippen LogP contribution is 2.33. The van der Waals surface area contributed by atoms with E-state index in [2.05, 4.69) is 4.98 Å². The minimum absolute atomic E-state index is 0.151. The van der Waals surface area contributed by atoms with E-state index in [1.807, 2.05) is 18.5 Å². The lowest BCUT2D eigenvalue weighted by Gasteiger charge is -2.48. The maximum Gasteiger partial charge on any atom is 0.410 e. The molecule has 1 fully saturated rings. The lowest BCUT2D eigenvalue weighted by atomic mass is 9.85. The van der Waals surface area contributed by atoms with Crippen LogP contribution in [-0.2, 0) is 11.8 Å². The Bertz CT molecular complexity index is 521. The Morgan fingerprint density at radius 2 is 2.10 bits per heavy atom. The molecule has 0 bridgehead atoms. The van der Waals surface area contributed by atoms with E-state index >= 15 is 0 Å². The van der Waals surface area contributed by atoms with Gasteiger partial charge in [0.05, 0.1) is 24.8 Å². The van der Waals surface area contributed by atoms with Crippen molar-refractivity contribution >= 4 is 6.09 Å². The first-order chi connectivity index (χ1) is 9.52. The van der Waals surface area contributed by atoms with Crippen molar-refractivity contribution < 1.29 is 14.6 Å². The molecule has 3 N–H and O–H groups in total. The van der Waals surface area contributed by atoms with Crippen LogP contribution in [0.2, 0.25) is 0 Å². The van der Waals surface area contributed by atoms with Crippen LogP contribution in [-0.4, -0.2) is 49.9 Å². The van der Waals surface area contributed by atoms with Crippen LogP contribution in [0.25, 0.3) is 0 Å². The van der Waals surface area contributed by atoms with E-state index < -0.39 is 23.3 Å². The smallest absolute Gasteiger partial charge is 0.410 e. The number of imidazole rings is 1. The summed E-state index contributed by atoms with van der Waals surface area (Å²) in [5.41, 5.74) is 5.02. The largest absolute Gasteiger partial charge is 0.444 e. The van der Waals surface area contributed by atoms with E-state index in [1.165, 1.54) is 4.90 Å². The van der Waals surface area contributed by atoms with Gasteiger partial charge in [-0.15, -0.1) is 0 Å². The monoisotopic (exact) mass is 296 g/mol. The summed E-state index contributed by atoms with van der Waals surface area (Å²) in [5, 5.41) is 10.5. The summed E-state index contributed by atoms with van der Waals surface area (Å²) in [5.74, 6) is 0.826. The molecule has 21 heavy (non-hydrogen) atoms. The number of hydrogen-bond acceptors (Lipinski definition) is 5. The summed E-state index contributed by atoms with van der Waals surface area (Å²) in [7, 11) is 1.87. The zero-order valence-corrected chi connectivity index (χ0v) is 13.3. The van der Waals surface area contributed by atoms with Crippen LogP contribution in [0.1, 0.15) is 38.3 Å². The highest BCUT2D eigenvalue weighted by Gasteiger charge is 2.50. The van der Waals surface area contributed by atoms with Crippen LogP contribution in [0.15, 0.2) is 6.20 Å². The lowest BCUT2D eigenvalue weighted by molar-refractivity contribution is -0.113.